The Morgan fingerprint density at radius 3 is 2.77 bits per heavy atom. The van der Waals surface area contributed by atoms with Crippen LogP contribution in [0.3, 0.4) is 0 Å². The van der Waals surface area contributed by atoms with Gasteiger partial charge in [-0.3, -0.25) is 4.79 Å². The fraction of sp³-hybridized carbons (Fsp3) is 0.353. The van der Waals surface area contributed by atoms with Crippen LogP contribution in [0.25, 0.3) is 0 Å². The summed E-state index contributed by atoms with van der Waals surface area (Å²) in [5.74, 6) is -0.0468. The van der Waals surface area contributed by atoms with Crippen molar-refractivity contribution in [2.75, 3.05) is 18.4 Å². The summed E-state index contributed by atoms with van der Waals surface area (Å²) in [6.45, 7) is 0.999. The zero-order chi connectivity index (χ0) is 18.7. The summed E-state index contributed by atoms with van der Waals surface area (Å²) in [5.41, 5.74) is -0.0498. The highest BCUT2D eigenvalue weighted by Gasteiger charge is 2.24. The molecule has 1 aliphatic heterocycles. The van der Waals surface area contributed by atoms with Crippen LogP contribution in [0.5, 0.6) is 5.75 Å². The third-order valence-corrected chi connectivity index (χ3v) is 4.56. The molecule has 0 unspecified atom stereocenters. The second-order valence-corrected chi connectivity index (χ2v) is 6.95. The van der Waals surface area contributed by atoms with Gasteiger partial charge < -0.3 is 19.5 Å². The van der Waals surface area contributed by atoms with Gasteiger partial charge in [-0.05, 0) is 34.1 Å². The predicted molar refractivity (Wildman–Crippen MR) is 97.8 cm³/mol. The van der Waals surface area contributed by atoms with Crippen molar-refractivity contribution in [3.8, 4) is 5.75 Å². The molecule has 0 atom stereocenters. The van der Waals surface area contributed by atoms with Crippen LogP contribution >= 0.6 is 15.9 Å². The molecule has 9 heteroatoms. The largest absolute Gasteiger partial charge is 0.489 e. The first-order valence-corrected chi connectivity index (χ1v) is 8.92. The average molecular weight is 425 g/mol. The number of anilines is 1. The standard InChI is InChI=1S/C17H18BrFN4O3/c1-22-10-11(18)8-14(16(22)24)21-17(25)23-6-4-12(5-7-23)26-13-2-3-15(19)20-9-13/h2-3,8-10,12H,4-7H2,1H3,(H,21,25). The summed E-state index contributed by atoms with van der Waals surface area (Å²) >= 11 is 3.31. The van der Waals surface area contributed by atoms with Gasteiger partial charge in [0.15, 0.2) is 0 Å². The smallest absolute Gasteiger partial charge is 0.321 e. The van der Waals surface area contributed by atoms with Crippen molar-refractivity contribution in [3.63, 3.8) is 0 Å². The predicted octanol–water partition coefficient (Wildman–Crippen LogP) is 2.76. The van der Waals surface area contributed by atoms with Crippen LogP contribution < -0.4 is 15.6 Å². The monoisotopic (exact) mass is 424 g/mol. The Hall–Kier alpha value is -2.42. The van der Waals surface area contributed by atoms with Crippen molar-refractivity contribution >= 4 is 27.6 Å². The summed E-state index contributed by atoms with van der Waals surface area (Å²) < 4.78 is 20.7. The van der Waals surface area contributed by atoms with Crippen molar-refractivity contribution in [3.05, 3.63) is 51.4 Å². The molecule has 0 aromatic carbocycles. The first-order chi connectivity index (χ1) is 12.4. The van der Waals surface area contributed by atoms with Gasteiger partial charge in [-0.25, -0.2) is 9.78 Å². The minimum atomic E-state index is -0.553. The number of amides is 2. The summed E-state index contributed by atoms with van der Waals surface area (Å²) in [6, 6.07) is 4.04. The van der Waals surface area contributed by atoms with Gasteiger partial charge in [0.05, 0.1) is 6.20 Å². The van der Waals surface area contributed by atoms with Crippen molar-refractivity contribution in [2.45, 2.75) is 18.9 Å². The van der Waals surface area contributed by atoms with E-state index in [-0.39, 0.29) is 23.4 Å². The number of aryl methyl sites for hydroxylation is 1. The number of likely N-dealkylation sites (tertiary alicyclic amines) is 1. The maximum Gasteiger partial charge on any atom is 0.321 e. The lowest BCUT2D eigenvalue weighted by Gasteiger charge is -2.32. The minimum Gasteiger partial charge on any atom is -0.489 e. The molecule has 1 saturated heterocycles. The van der Waals surface area contributed by atoms with Crippen LogP contribution in [0.1, 0.15) is 12.8 Å². The molecule has 1 fully saturated rings. The van der Waals surface area contributed by atoms with Gasteiger partial charge in [-0.15, -0.1) is 0 Å². The molecule has 26 heavy (non-hydrogen) atoms. The van der Waals surface area contributed by atoms with Gasteiger partial charge in [0.2, 0.25) is 5.95 Å². The topological polar surface area (TPSA) is 76.5 Å². The average Bonchev–Trinajstić information content (AvgIpc) is 2.62. The van der Waals surface area contributed by atoms with Crippen LogP contribution in [0.2, 0.25) is 0 Å². The van der Waals surface area contributed by atoms with E-state index in [0.717, 1.165) is 0 Å². The molecule has 0 saturated carbocycles. The van der Waals surface area contributed by atoms with Gasteiger partial charge in [0.1, 0.15) is 17.5 Å². The Labute approximate surface area is 157 Å². The van der Waals surface area contributed by atoms with Crippen LogP contribution in [-0.4, -0.2) is 39.7 Å². The number of hydrogen-bond donors (Lipinski definition) is 1. The van der Waals surface area contributed by atoms with E-state index in [2.05, 4.69) is 26.2 Å². The first kappa shape index (κ1) is 18.4. The van der Waals surface area contributed by atoms with Crippen molar-refractivity contribution in [1.29, 1.82) is 0 Å². The zero-order valence-electron chi connectivity index (χ0n) is 14.1. The van der Waals surface area contributed by atoms with E-state index in [1.54, 1.807) is 24.2 Å². The summed E-state index contributed by atoms with van der Waals surface area (Å²) in [4.78, 5) is 29.7. The maximum absolute atomic E-state index is 12.8. The highest BCUT2D eigenvalue weighted by Crippen LogP contribution is 2.19. The lowest BCUT2D eigenvalue weighted by atomic mass is 10.1. The van der Waals surface area contributed by atoms with E-state index in [1.165, 1.54) is 22.9 Å². The molecule has 2 aromatic rings. The van der Waals surface area contributed by atoms with Crippen molar-refractivity contribution in [1.82, 2.24) is 14.5 Å². The van der Waals surface area contributed by atoms with E-state index in [9.17, 15) is 14.0 Å². The Bertz CT molecular complexity index is 848. The molecule has 1 aliphatic rings. The lowest BCUT2D eigenvalue weighted by Crippen LogP contribution is -2.44. The third kappa shape index (κ3) is 4.40. The number of hydrogen-bond acceptors (Lipinski definition) is 4. The highest BCUT2D eigenvalue weighted by atomic mass is 79.9. The molecular weight excluding hydrogens is 407 g/mol. The Morgan fingerprint density at radius 1 is 1.38 bits per heavy atom. The van der Waals surface area contributed by atoms with Crippen molar-refractivity contribution < 1.29 is 13.9 Å². The number of nitrogens with one attached hydrogen (secondary N) is 1. The Kier molecular flexibility index (Phi) is 5.55. The SMILES string of the molecule is Cn1cc(Br)cc(NC(=O)N2CCC(Oc3ccc(F)nc3)CC2)c1=O. The number of nitrogens with zero attached hydrogens (tertiary/aromatic N) is 3. The number of carbonyl (C=O) groups excluding carboxylic acids is 1. The Balaban J connectivity index is 1.55. The molecule has 3 rings (SSSR count). The normalized spacial score (nSPS) is 15.0. The van der Waals surface area contributed by atoms with E-state index >= 15 is 0 Å². The van der Waals surface area contributed by atoms with Gasteiger partial charge in [-0.2, -0.15) is 4.39 Å². The molecule has 3 heterocycles. The number of urea groups is 1. The molecule has 0 bridgehead atoms. The fourth-order valence-electron chi connectivity index (χ4n) is 2.76. The summed E-state index contributed by atoms with van der Waals surface area (Å²) in [5, 5.41) is 2.66. The molecule has 0 radical (unpaired) electrons. The molecule has 1 N–H and O–H groups in total. The molecule has 0 spiro atoms. The van der Waals surface area contributed by atoms with Gasteiger partial charge in [0, 0.05) is 43.6 Å². The third-order valence-electron chi connectivity index (χ3n) is 4.12. The van der Waals surface area contributed by atoms with Gasteiger partial charge in [-0.1, -0.05) is 0 Å². The molecule has 2 amide bonds. The fourth-order valence-corrected chi connectivity index (χ4v) is 3.29. The highest BCUT2D eigenvalue weighted by molar-refractivity contribution is 9.10. The van der Waals surface area contributed by atoms with E-state index in [4.69, 9.17) is 4.74 Å². The van der Waals surface area contributed by atoms with Crippen LogP contribution in [-0.2, 0) is 7.05 Å². The number of aromatic nitrogens is 2. The first-order valence-electron chi connectivity index (χ1n) is 8.12. The van der Waals surface area contributed by atoms with Crippen LogP contribution in [0.4, 0.5) is 14.9 Å². The molecule has 7 nitrogen and oxygen atoms in total. The van der Waals surface area contributed by atoms with Gasteiger partial charge in [0.25, 0.3) is 5.56 Å². The Morgan fingerprint density at radius 2 is 2.12 bits per heavy atom. The van der Waals surface area contributed by atoms with Gasteiger partial charge >= 0.3 is 6.03 Å². The van der Waals surface area contributed by atoms with Crippen LogP contribution in [0, 0.1) is 5.95 Å². The number of rotatable bonds is 3. The van der Waals surface area contributed by atoms with E-state index < -0.39 is 5.95 Å². The molecule has 2 aromatic heterocycles. The molecule has 138 valence electrons. The minimum absolute atomic E-state index is 0.0648. The quantitative estimate of drug-likeness (QED) is 0.768. The molecule has 0 aliphatic carbocycles. The number of carbonyl (C=O) groups is 1. The number of ether oxygens (including phenoxy) is 1. The van der Waals surface area contributed by atoms with E-state index in [1.807, 2.05) is 0 Å². The maximum atomic E-state index is 12.8. The molecular formula is C17H18BrFN4O3. The van der Waals surface area contributed by atoms with E-state index in [0.29, 0.717) is 36.2 Å². The number of pyridine rings is 2. The number of piperidine rings is 1. The summed E-state index contributed by atoms with van der Waals surface area (Å²) in [6.07, 6.45) is 4.19. The zero-order valence-corrected chi connectivity index (χ0v) is 15.7. The second-order valence-electron chi connectivity index (χ2n) is 6.04. The van der Waals surface area contributed by atoms with Crippen molar-refractivity contribution in [2.24, 2.45) is 7.05 Å². The lowest BCUT2D eigenvalue weighted by molar-refractivity contribution is 0.115. The second kappa shape index (κ2) is 7.86. The number of halogens is 2. The van der Waals surface area contributed by atoms with Crippen LogP contribution in [0.15, 0.2) is 39.9 Å². The summed E-state index contributed by atoms with van der Waals surface area (Å²) in [7, 11) is 1.62.